The Morgan fingerprint density at radius 2 is 1.86 bits per heavy atom. The van der Waals surface area contributed by atoms with Gasteiger partial charge < -0.3 is 9.67 Å². The van der Waals surface area contributed by atoms with Crippen LogP contribution in [0.1, 0.15) is 70.2 Å². The Bertz CT molecular complexity index is 629. The van der Waals surface area contributed by atoms with E-state index in [-0.39, 0.29) is 17.0 Å². The van der Waals surface area contributed by atoms with Crippen molar-refractivity contribution < 1.29 is 9.90 Å². The van der Waals surface area contributed by atoms with E-state index in [1.54, 1.807) is 6.07 Å². The third kappa shape index (κ3) is 3.67. The van der Waals surface area contributed by atoms with E-state index in [9.17, 15) is 9.59 Å². The molecule has 1 aromatic rings. The fourth-order valence-electron chi connectivity index (χ4n) is 3.17. The van der Waals surface area contributed by atoms with E-state index in [0.29, 0.717) is 5.56 Å². The molecule has 22 heavy (non-hydrogen) atoms. The van der Waals surface area contributed by atoms with Crippen LogP contribution < -0.4 is 5.56 Å². The first kappa shape index (κ1) is 16.5. The molecule has 4 nitrogen and oxygen atoms in total. The van der Waals surface area contributed by atoms with Gasteiger partial charge in [-0.15, -0.1) is 0 Å². The lowest BCUT2D eigenvalue weighted by atomic mass is 9.88. The number of rotatable bonds is 3. The Balaban J connectivity index is 2.56. The molecule has 0 bridgehead atoms. The van der Waals surface area contributed by atoms with E-state index in [4.69, 9.17) is 5.11 Å². The molecule has 0 amide bonds. The zero-order chi connectivity index (χ0) is 16.3. The van der Waals surface area contributed by atoms with Crippen LogP contribution in [-0.2, 0) is 10.2 Å². The van der Waals surface area contributed by atoms with Crippen molar-refractivity contribution in [1.29, 1.82) is 0 Å². The van der Waals surface area contributed by atoms with Crippen LogP contribution in [-0.4, -0.2) is 15.6 Å². The molecular weight excluding hydrogens is 278 g/mol. The molecule has 120 valence electrons. The van der Waals surface area contributed by atoms with Crippen LogP contribution in [0, 0.1) is 0 Å². The summed E-state index contributed by atoms with van der Waals surface area (Å²) in [5.74, 6) is -1.04. The Hall–Kier alpha value is -1.84. The first-order valence-corrected chi connectivity index (χ1v) is 7.98. The van der Waals surface area contributed by atoms with Gasteiger partial charge in [-0.25, -0.2) is 4.79 Å². The molecule has 0 spiro atoms. The molecule has 1 saturated carbocycles. The zero-order valence-electron chi connectivity index (χ0n) is 13.6. The Kier molecular flexibility index (Phi) is 4.89. The predicted molar refractivity (Wildman–Crippen MR) is 88.2 cm³/mol. The number of hydrogen-bond donors (Lipinski definition) is 1. The molecule has 1 N–H and O–H groups in total. The Morgan fingerprint density at radius 3 is 2.41 bits per heavy atom. The monoisotopic (exact) mass is 303 g/mol. The lowest BCUT2D eigenvalue weighted by molar-refractivity contribution is -0.131. The molecule has 0 aliphatic heterocycles. The van der Waals surface area contributed by atoms with Crippen LogP contribution in [0.4, 0.5) is 0 Å². The quantitative estimate of drug-likeness (QED) is 0.865. The summed E-state index contributed by atoms with van der Waals surface area (Å²) in [5, 5.41) is 8.77. The van der Waals surface area contributed by atoms with Crippen LogP contribution in [0.3, 0.4) is 0 Å². The number of pyridine rings is 1. The number of carbonyl (C=O) groups is 1. The van der Waals surface area contributed by atoms with E-state index in [1.807, 2.05) is 10.6 Å². The summed E-state index contributed by atoms with van der Waals surface area (Å²) in [6.07, 6.45) is 8.00. The predicted octanol–water partition coefficient (Wildman–Crippen LogP) is 3.75. The minimum Gasteiger partial charge on any atom is -0.478 e. The topological polar surface area (TPSA) is 59.3 Å². The molecule has 1 fully saturated rings. The summed E-state index contributed by atoms with van der Waals surface area (Å²) >= 11 is 0. The van der Waals surface area contributed by atoms with Gasteiger partial charge in [-0.1, -0.05) is 40.0 Å². The molecular formula is C18H25NO3. The van der Waals surface area contributed by atoms with E-state index in [2.05, 4.69) is 20.8 Å². The van der Waals surface area contributed by atoms with E-state index < -0.39 is 5.97 Å². The van der Waals surface area contributed by atoms with Gasteiger partial charge in [0.25, 0.3) is 5.56 Å². The molecule has 0 atom stereocenters. The molecule has 1 aromatic heterocycles. The van der Waals surface area contributed by atoms with Gasteiger partial charge in [-0.2, -0.15) is 0 Å². The van der Waals surface area contributed by atoms with E-state index in [1.165, 1.54) is 12.5 Å². The van der Waals surface area contributed by atoms with Crippen molar-refractivity contribution >= 4 is 12.0 Å². The normalized spacial score (nSPS) is 17.0. The third-order valence-corrected chi connectivity index (χ3v) is 4.26. The van der Waals surface area contributed by atoms with Crippen molar-refractivity contribution in [3.05, 3.63) is 39.8 Å². The van der Waals surface area contributed by atoms with Crippen LogP contribution in [0.2, 0.25) is 0 Å². The molecule has 1 aliphatic carbocycles. The number of nitrogens with zero attached hydrogens (tertiary/aromatic N) is 1. The molecule has 0 aromatic carbocycles. The maximum absolute atomic E-state index is 12.9. The smallest absolute Gasteiger partial charge is 0.328 e. The van der Waals surface area contributed by atoms with E-state index >= 15 is 0 Å². The van der Waals surface area contributed by atoms with Crippen molar-refractivity contribution in [2.45, 2.75) is 64.3 Å². The van der Waals surface area contributed by atoms with Gasteiger partial charge >= 0.3 is 5.97 Å². The zero-order valence-corrected chi connectivity index (χ0v) is 13.6. The van der Waals surface area contributed by atoms with Gasteiger partial charge in [0.2, 0.25) is 0 Å². The second-order valence-electron chi connectivity index (χ2n) is 7.06. The maximum atomic E-state index is 12.9. The summed E-state index contributed by atoms with van der Waals surface area (Å²) in [4.78, 5) is 23.6. The molecule has 1 heterocycles. The largest absolute Gasteiger partial charge is 0.478 e. The highest BCUT2D eigenvalue weighted by Crippen LogP contribution is 2.31. The lowest BCUT2D eigenvalue weighted by Crippen LogP contribution is -2.34. The first-order valence-electron chi connectivity index (χ1n) is 7.98. The highest BCUT2D eigenvalue weighted by molar-refractivity contribution is 5.85. The van der Waals surface area contributed by atoms with Gasteiger partial charge in [0, 0.05) is 28.8 Å². The summed E-state index contributed by atoms with van der Waals surface area (Å²) in [5.41, 5.74) is 1.28. The standard InChI is InChI=1S/C18H25NO3/c1-18(2,3)15-11-9-13(10-12-16(20)21)17(22)19(15)14-7-5-4-6-8-14/h9-12,14H,4-8H2,1-3H3,(H,20,21)/b12-10+. The SMILES string of the molecule is CC(C)(C)c1ccc(/C=C/C(=O)O)c(=O)n1C1CCCCC1. The van der Waals surface area contributed by atoms with Gasteiger partial charge in [-0.05, 0) is 31.1 Å². The minimum absolute atomic E-state index is 0.0724. The van der Waals surface area contributed by atoms with Crippen molar-refractivity contribution in [1.82, 2.24) is 4.57 Å². The lowest BCUT2D eigenvalue weighted by Gasteiger charge is -2.32. The highest BCUT2D eigenvalue weighted by Gasteiger charge is 2.25. The molecule has 0 unspecified atom stereocenters. The average Bonchev–Trinajstić information content (AvgIpc) is 2.45. The minimum atomic E-state index is -1.04. The number of carboxylic acids is 1. The van der Waals surface area contributed by atoms with Crippen molar-refractivity contribution in [3.63, 3.8) is 0 Å². The van der Waals surface area contributed by atoms with Gasteiger partial charge in [0.15, 0.2) is 0 Å². The summed E-state index contributed by atoms with van der Waals surface area (Å²) < 4.78 is 1.92. The third-order valence-electron chi connectivity index (χ3n) is 4.26. The number of aliphatic carboxylic acids is 1. The molecule has 4 heteroatoms. The van der Waals surface area contributed by atoms with E-state index in [0.717, 1.165) is 37.5 Å². The van der Waals surface area contributed by atoms with Crippen LogP contribution >= 0.6 is 0 Å². The average molecular weight is 303 g/mol. The second-order valence-corrected chi connectivity index (χ2v) is 7.06. The molecule has 0 saturated heterocycles. The van der Waals surface area contributed by atoms with Gasteiger partial charge in [0.05, 0.1) is 0 Å². The number of hydrogen-bond acceptors (Lipinski definition) is 2. The van der Waals surface area contributed by atoms with Crippen molar-refractivity contribution in [2.24, 2.45) is 0 Å². The second kappa shape index (κ2) is 6.51. The fourth-order valence-corrected chi connectivity index (χ4v) is 3.17. The van der Waals surface area contributed by atoms with Crippen LogP contribution in [0.25, 0.3) is 6.08 Å². The highest BCUT2D eigenvalue weighted by atomic mass is 16.4. The van der Waals surface area contributed by atoms with Crippen LogP contribution in [0.15, 0.2) is 23.0 Å². The molecule has 2 rings (SSSR count). The molecule has 0 radical (unpaired) electrons. The summed E-state index contributed by atoms with van der Waals surface area (Å²) in [6, 6.07) is 3.94. The summed E-state index contributed by atoms with van der Waals surface area (Å²) in [6.45, 7) is 6.32. The fraction of sp³-hybridized carbons (Fsp3) is 0.556. The Labute approximate surface area is 131 Å². The first-order chi connectivity index (χ1) is 10.3. The van der Waals surface area contributed by atoms with Crippen molar-refractivity contribution in [3.8, 4) is 0 Å². The Morgan fingerprint density at radius 1 is 1.23 bits per heavy atom. The number of carboxylic acid groups (broad SMARTS) is 1. The maximum Gasteiger partial charge on any atom is 0.328 e. The van der Waals surface area contributed by atoms with Crippen molar-refractivity contribution in [2.75, 3.05) is 0 Å². The number of aromatic nitrogens is 1. The van der Waals surface area contributed by atoms with Gasteiger partial charge in [-0.3, -0.25) is 4.79 Å². The van der Waals surface area contributed by atoms with Crippen LogP contribution in [0.5, 0.6) is 0 Å². The molecule has 1 aliphatic rings. The van der Waals surface area contributed by atoms with Gasteiger partial charge in [0.1, 0.15) is 0 Å². The summed E-state index contributed by atoms with van der Waals surface area (Å²) in [7, 11) is 0.